The molecule has 1 fully saturated rings. The molecular formula is C28H29BrN4O3. The van der Waals surface area contributed by atoms with E-state index in [0.717, 1.165) is 47.1 Å². The number of hydrogen-bond donors (Lipinski definition) is 1. The van der Waals surface area contributed by atoms with Crippen molar-refractivity contribution >= 4 is 32.7 Å². The molecule has 7 nitrogen and oxygen atoms in total. The van der Waals surface area contributed by atoms with Crippen LogP contribution in [0.25, 0.3) is 22.3 Å². The van der Waals surface area contributed by atoms with Gasteiger partial charge in [-0.3, -0.25) is 0 Å². The minimum Gasteiger partial charge on any atom is -0.493 e. The second-order valence-electron chi connectivity index (χ2n) is 9.07. The van der Waals surface area contributed by atoms with Crippen LogP contribution in [0.5, 0.6) is 23.0 Å². The molecule has 0 spiro atoms. The summed E-state index contributed by atoms with van der Waals surface area (Å²) in [6.07, 6.45) is 2.26. The third-order valence-electron chi connectivity index (χ3n) is 6.48. The van der Waals surface area contributed by atoms with Crippen LogP contribution in [0, 0.1) is 5.92 Å². The third kappa shape index (κ3) is 5.39. The normalized spacial score (nSPS) is 14.6. The Kier molecular flexibility index (Phi) is 7.25. The number of likely N-dealkylation sites (tertiary alicyclic amines) is 1. The Morgan fingerprint density at radius 2 is 1.75 bits per heavy atom. The van der Waals surface area contributed by atoms with Crippen molar-refractivity contribution in [1.82, 2.24) is 14.9 Å². The molecule has 0 saturated carbocycles. The zero-order valence-electron chi connectivity index (χ0n) is 20.4. The van der Waals surface area contributed by atoms with E-state index in [1.165, 1.54) is 0 Å². The number of aromatic nitrogens is 2. The van der Waals surface area contributed by atoms with E-state index in [-0.39, 0.29) is 0 Å². The van der Waals surface area contributed by atoms with E-state index < -0.39 is 0 Å². The maximum atomic E-state index is 6.36. The number of para-hydroxylation sites is 1. The van der Waals surface area contributed by atoms with Crippen molar-refractivity contribution in [2.24, 2.45) is 5.92 Å². The first kappa shape index (κ1) is 24.3. The van der Waals surface area contributed by atoms with Crippen LogP contribution in [0.2, 0.25) is 0 Å². The average Bonchev–Trinajstić information content (AvgIpc) is 2.88. The molecule has 0 radical (unpaired) electrons. The van der Waals surface area contributed by atoms with Crippen molar-refractivity contribution in [3.05, 3.63) is 65.1 Å². The molecule has 2 N–H and O–H groups in total. The van der Waals surface area contributed by atoms with Crippen molar-refractivity contribution in [1.29, 1.82) is 0 Å². The summed E-state index contributed by atoms with van der Waals surface area (Å²) < 4.78 is 18.6. The first-order valence-corrected chi connectivity index (χ1v) is 12.8. The minimum atomic E-state index is 0.381. The summed E-state index contributed by atoms with van der Waals surface area (Å²) in [6, 6.07) is 19.1. The Morgan fingerprint density at radius 3 is 2.47 bits per heavy atom. The highest BCUT2D eigenvalue weighted by Crippen LogP contribution is 2.37. The number of nitrogens with zero attached hydrogens (tertiary/aromatic N) is 3. The summed E-state index contributed by atoms with van der Waals surface area (Å²) in [5, 5.41) is 0.724. The Balaban J connectivity index is 1.42. The van der Waals surface area contributed by atoms with Gasteiger partial charge in [0.15, 0.2) is 17.3 Å². The number of hydrogen-bond acceptors (Lipinski definition) is 7. The first-order chi connectivity index (χ1) is 17.5. The Hall–Kier alpha value is -3.36. The van der Waals surface area contributed by atoms with Crippen molar-refractivity contribution < 1.29 is 14.2 Å². The Bertz CT molecular complexity index is 1360. The van der Waals surface area contributed by atoms with Crippen molar-refractivity contribution in [3.63, 3.8) is 0 Å². The van der Waals surface area contributed by atoms with E-state index in [1.807, 2.05) is 60.7 Å². The van der Waals surface area contributed by atoms with E-state index in [9.17, 15) is 0 Å². The second-order valence-corrected chi connectivity index (χ2v) is 9.92. The van der Waals surface area contributed by atoms with Gasteiger partial charge in [0, 0.05) is 21.5 Å². The molecule has 1 aromatic heterocycles. The highest BCUT2D eigenvalue weighted by atomic mass is 79.9. The van der Waals surface area contributed by atoms with Crippen molar-refractivity contribution in [2.75, 3.05) is 39.6 Å². The zero-order valence-corrected chi connectivity index (χ0v) is 22.0. The number of rotatable bonds is 7. The smallest absolute Gasteiger partial charge is 0.163 e. The number of ether oxygens (including phenoxy) is 3. The predicted octanol–water partition coefficient (Wildman–Crippen LogP) is 6.16. The van der Waals surface area contributed by atoms with Crippen LogP contribution < -0.4 is 19.9 Å². The lowest BCUT2D eigenvalue weighted by Crippen LogP contribution is -2.32. The van der Waals surface area contributed by atoms with E-state index in [2.05, 4.69) is 32.9 Å². The molecular weight excluding hydrogens is 520 g/mol. The number of piperidine rings is 1. The highest BCUT2D eigenvalue weighted by molar-refractivity contribution is 9.10. The van der Waals surface area contributed by atoms with Gasteiger partial charge in [0.05, 0.1) is 19.2 Å². The molecule has 8 heteroatoms. The van der Waals surface area contributed by atoms with Crippen LogP contribution >= 0.6 is 15.9 Å². The first-order valence-electron chi connectivity index (χ1n) is 12.0. The highest BCUT2D eigenvalue weighted by Gasteiger charge is 2.19. The van der Waals surface area contributed by atoms with Crippen LogP contribution in [-0.4, -0.2) is 48.7 Å². The molecule has 0 atom stereocenters. The summed E-state index contributed by atoms with van der Waals surface area (Å²) in [5.41, 5.74) is 7.88. The molecule has 4 aromatic rings. The molecule has 0 amide bonds. The number of fused-ring (bicyclic) bond motifs is 1. The van der Waals surface area contributed by atoms with Gasteiger partial charge >= 0.3 is 0 Å². The van der Waals surface area contributed by atoms with Crippen LogP contribution in [0.1, 0.15) is 12.8 Å². The summed E-state index contributed by atoms with van der Waals surface area (Å²) in [4.78, 5) is 11.7. The molecule has 0 aliphatic carbocycles. The van der Waals surface area contributed by atoms with E-state index >= 15 is 0 Å². The molecule has 186 valence electrons. The largest absolute Gasteiger partial charge is 0.493 e. The van der Waals surface area contributed by atoms with Crippen LogP contribution in [0.3, 0.4) is 0 Å². The second kappa shape index (κ2) is 10.7. The lowest BCUT2D eigenvalue weighted by atomic mass is 9.98. The fraction of sp³-hybridized carbons (Fsp3) is 0.286. The Labute approximate surface area is 219 Å². The predicted molar refractivity (Wildman–Crippen MR) is 146 cm³/mol. The molecule has 0 bridgehead atoms. The number of methoxy groups -OCH3 is 1. The van der Waals surface area contributed by atoms with Gasteiger partial charge in [0.1, 0.15) is 17.3 Å². The fourth-order valence-electron chi connectivity index (χ4n) is 4.35. The van der Waals surface area contributed by atoms with E-state index in [1.54, 1.807) is 7.11 Å². The molecule has 1 saturated heterocycles. The minimum absolute atomic E-state index is 0.381. The molecule has 1 aliphatic rings. The molecule has 3 aromatic carbocycles. The molecule has 0 unspecified atom stereocenters. The summed E-state index contributed by atoms with van der Waals surface area (Å²) >= 11 is 3.65. The topological polar surface area (TPSA) is 82.7 Å². The Morgan fingerprint density at radius 1 is 0.972 bits per heavy atom. The SMILES string of the molecule is COc1cc2c(N)nc(-c3ccc(Oc4ccccc4)cc3Br)nc2cc1OCC1CCN(C)CC1. The van der Waals surface area contributed by atoms with Gasteiger partial charge in [-0.05, 0) is 91.2 Å². The van der Waals surface area contributed by atoms with E-state index in [0.29, 0.717) is 46.9 Å². The van der Waals surface area contributed by atoms with Gasteiger partial charge in [-0.15, -0.1) is 0 Å². The molecule has 1 aliphatic heterocycles. The number of nitrogens with two attached hydrogens (primary N) is 1. The number of halogens is 1. The monoisotopic (exact) mass is 548 g/mol. The van der Waals surface area contributed by atoms with Gasteiger partial charge in [0.2, 0.25) is 0 Å². The van der Waals surface area contributed by atoms with Gasteiger partial charge in [0.25, 0.3) is 0 Å². The van der Waals surface area contributed by atoms with Crippen LogP contribution in [0.4, 0.5) is 5.82 Å². The summed E-state index contributed by atoms with van der Waals surface area (Å²) in [5.74, 6) is 4.20. The van der Waals surface area contributed by atoms with E-state index in [4.69, 9.17) is 24.9 Å². The quantitative estimate of drug-likeness (QED) is 0.296. The average molecular weight is 549 g/mol. The van der Waals surface area contributed by atoms with Crippen molar-refractivity contribution in [2.45, 2.75) is 12.8 Å². The summed E-state index contributed by atoms with van der Waals surface area (Å²) in [6.45, 7) is 2.84. The van der Waals surface area contributed by atoms with Crippen LogP contribution in [-0.2, 0) is 0 Å². The molecule has 36 heavy (non-hydrogen) atoms. The van der Waals surface area contributed by atoms with Crippen LogP contribution in [0.15, 0.2) is 65.1 Å². The number of anilines is 1. The summed E-state index contributed by atoms with van der Waals surface area (Å²) in [7, 11) is 3.79. The maximum absolute atomic E-state index is 6.36. The molecule has 5 rings (SSSR count). The fourth-order valence-corrected chi connectivity index (χ4v) is 4.89. The van der Waals surface area contributed by atoms with Gasteiger partial charge < -0.3 is 24.8 Å². The molecule has 2 heterocycles. The van der Waals surface area contributed by atoms with Crippen molar-refractivity contribution in [3.8, 4) is 34.4 Å². The van der Waals surface area contributed by atoms with Gasteiger partial charge in [-0.1, -0.05) is 18.2 Å². The number of benzene rings is 3. The lowest BCUT2D eigenvalue weighted by Gasteiger charge is -2.28. The standard InChI is InChI=1S/C28H29BrN4O3/c1-33-12-10-18(11-13-33)17-35-26-16-24-22(15-25(26)34-2)27(30)32-28(31-24)21-9-8-20(14-23(21)29)36-19-6-4-3-5-7-19/h3-9,14-16,18H,10-13,17H2,1-2H3,(H2,30,31,32). The third-order valence-corrected chi connectivity index (χ3v) is 7.14. The van der Waals surface area contributed by atoms with Gasteiger partial charge in [-0.25, -0.2) is 9.97 Å². The zero-order chi connectivity index (χ0) is 25.1. The number of nitrogen functional groups attached to an aromatic ring is 1. The maximum Gasteiger partial charge on any atom is 0.163 e. The van der Waals surface area contributed by atoms with Gasteiger partial charge in [-0.2, -0.15) is 0 Å². The lowest BCUT2D eigenvalue weighted by molar-refractivity contribution is 0.157.